The lowest BCUT2D eigenvalue weighted by Crippen LogP contribution is -2.30. The summed E-state index contributed by atoms with van der Waals surface area (Å²) >= 11 is 0. The van der Waals surface area contributed by atoms with Gasteiger partial charge in [0, 0.05) is 25.7 Å². The molecule has 0 heterocycles. The average molecular weight is 1510 g/mol. The molecule has 0 aromatic carbocycles. The van der Waals surface area contributed by atoms with Gasteiger partial charge >= 0.3 is 39.5 Å². The van der Waals surface area contributed by atoms with Crippen molar-refractivity contribution in [3.05, 3.63) is 0 Å². The van der Waals surface area contributed by atoms with Crippen LogP contribution < -0.4 is 0 Å². The molecule has 0 spiro atoms. The number of esters is 4. The predicted molar refractivity (Wildman–Crippen MR) is 423 cm³/mol. The van der Waals surface area contributed by atoms with Crippen LogP contribution in [-0.4, -0.2) is 96.7 Å². The first-order valence-corrected chi connectivity index (χ1v) is 46.3. The van der Waals surface area contributed by atoms with Crippen molar-refractivity contribution < 1.29 is 80.2 Å². The van der Waals surface area contributed by atoms with Gasteiger partial charge in [0.2, 0.25) is 0 Å². The number of aliphatic hydroxyl groups is 1. The first kappa shape index (κ1) is 101. The molecule has 0 aromatic rings. The molecule has 7 atom stereocenters. The Hall–Kier alpha value is -1.94. The Morgan fingerprint density at radius 1 is 0.272 bits per heavy atom. The van der Waals surface area contributed by atoms with Gasteiger partial charge < -0.3 is 33.8 Å². The van der Waals surface area contributed by atoms with E-state index in [1.807, 2.05) is 0 Å². The van der Waals surface area contributed by atoms with Gasteiger partial charge in [0.1, 0.15) is 19.3 Å². The van der Waals surface area contributed by atoms with Crippen LogP contribution in [0.25, 0.3) is 0 Å². The number of ether oxygens (including phenoxy) is 4. The lowest BCUT2D eigenvalue weighted by molar-refractivity contribution is -0.161. The van der Waals surface area contributed by atoms with E-state index in [0.29, 0.717) is 25.7 Å². The van der Waals surface area contributed by atoms with Crippen LogP contribution in [-0.2, 0) is 65.4 Å². The molecule has 0 radical (unpaired) electrons. The summed E-state index contributed by atoms with van der Waals surface area (Å²) in [5, 5.41) is 10.7. The minimum atomic E-state index is -4.96. The number of hydrogen-bond acceptors (Lipinski definition) is 15. The maximum Gasteiger partial charge on any atom is 0.472 e. The van der Waals surface area contributed by atoms with E-state index in [-0.39, 0.29) is 25.7 Å². The maximum absolute atomic E-state index is 13.1. The van der Waals surface area contributed by atoms with Gasteiger partial charge in [-0.05, 0) is 49.4 Å². The van der Waals surface area contributed by atoms with Gasteiger partial charge in [-0.25, -0.2) is 9.13 Å². The summed E-state index contributed by atoms with van der Waals surface area (Å²) in [7, 11) is -9.93. The van der Waals surface area contributed by atoms with Crippen molar-refractivity contribution in [2.45, 2.75) is 453 Å². The molecule has 0 amide bonds. The van der Waals surface area contributed by atoms with Crippen LogP contribution in [0.2, 0.25) is 0 Å². The second-order valence-electron chi connectivity index (χ2n) is 31.7. The molecule has 103 heavy (non-hydrogen) atoms. The second-order valence-corrected chi connectivity index (χ2v) is 34.6. The number of phosphoric acid groups is 2. The van der Waals surface area contributed by atoms with Crippen LogP contribution in [0.4, 0.5) is 0 Å². The zero-order valence-electron chi connectivity index (χ0n) is 68.0. The van der Waals surface area contributed by atoms with Crippen LogP contribution in [0, 0.1) is 23.7 Å². The number of aliphatic hydroxyl groups excluding tert-OH is 1. The van der Waals surface area contributed by atoms with Crippen molar-refractivity contribution in [3.8, 4) is 0 Å². The fraction of sp³-hybridized carbons (Fsp3) is 0.952. The van der Waals surface area contributed by atoms with E-state index in [1.54, 1.807) is 0 Å². The molecule has 3 N–H and O–H groups in total. The lowest BCUT2D eigenvalue weighted by Gasteiger charge is -2.21. The molecule has 17 nitrogen and oxygen atoms in total. The van der Waals surface area contributed by atoms with Crippen molar-refractivity contribution in [2.24, 2.45) is 23.7 Å². The SMILES string of the molecule is CCC(C)CCCCCCCCCCCCCCCCCCCCC(=O)O[C@H](COC(=O)CCCCCCCCC(C)CC)COP(=O)(O)OC[C@H](O)COP(=O)(O)OC[C@@H](COC(=O)CCCCCCCCCCCC(C)C)OC(=O)CCCCCCCCCCCCCCCCCCC(C)C. The van der Waals surface area contributed by atoms with Gasteiger partial charge in [-0.15, -0.1) is 0 Å². The van der Waals surface area contributed by atoms with Crippen molar-refractivity contribution in [1.29, 1.82) is 0 Å². The molecule has 0 aliphatic carbocycles. The van der Waals surface area contributed by atoms with E-state index >= 15 is 0 Å². The predicted octanol–water partition coefficient (Wildman–Crippen LogP) is 25.2. The van der Waals surface area contributed by atoms with E-state index in [9.17, 15) is 43.2 Å². The van der Waals surface area contributed by atoms with Crippen molar-refractivity contribution in [1.82, 2.24) is 0 Å². The maximum atomic E-state index is 13.1. The Morgan fingerprint density at radius 3 is 0.689 bits per heavy atom. The summed E-state index contributed by atoms with van der Waals surface area (Å²) in [4.78, 5) is 73.1. The first-order valence-electron chi connectivity index (χ1n) is 43.3. The summed E-state index contributed by atoms with van der Waals surface area (Å²) in [6.45, 7) is 14.3. The van der Waals surface area contributed by atoms with Crippen LogP contribution >= 0.6 is 15.6 Å². The largest absolute Gasteiger partial charge is 0.472 e. The third-order valence-corrected chi connectivity index (χ3v) is 22.2. The highest BCUT2D eigenvalue weighted by Gasteiger charge is 2.30. The summed E-state index contributed by atoms with van der Waals surface area (Å²) in [5.74, 6) is 1.04. The first-order chi connectivity index (χ1) is 49.7. The minimum Gasteiger partial charge on any atom is -0.462 e. The third kappa shape index (κ3) is 75.3. The van der Waals surface area contributed by atoms with Gasteiger partial charge in [0.15, 0.2) is 12.2 Å². The molecule has 0 aromatic heterocycles. The Bertz CT molecular complexity index is 2010. The van der Waals surface area contributed by atoms with Crippen molar-refractivity contribution >= 4 is 39.5 Å². The molecule has 0 saturated carbocycles. The number of phosphoric ester groups is 2. The smallest absolute Gasteiger partial charge is 0.462 e. The van der Waals surface area contributed by atoms with Crippen LogP contribution in [0.3, 0.4) is 0 Å². The fourth-order valence-electron chi connectivity index (χ4n) is 12.9. The molecule has 19 heteroatoms. The molecule has 612 valence electrons. The molecule has 0 fully saturated rings. The third-order valence-electron chi connectivity index (χ3n) is 20.3. The van der Waals surface area contributed by atoms with Crippen molar-refractivity contribution in [3.63, 3.8) is 0 Å². The van der Waals surface area contributed by atoms with E-state index < -0.39 is 97.5 Å². The monoisotopic (exact) mass is 1510 g/mol. The normalized spacial score (nSPS) is 14.5. The molecular formula is C84H164O17P2. The Kier molecular flexibility index (Phi) is 71.5. The van der Waals surface area contributed by atoms with Gasteiger partial charge in [-0.1, -0.05) is 383 Å². The molecule has 0 aliphatic heterocycles. The molecule has 4 unspecified atom stereocenters. The van der Waals surface area contributed by atoms with Gasteiger partial charge in [0.05, 0.1) is 26.4 Å². The average Bonchev–Trinajstić information content (AvgIpc) is 0.915. The zero-order valence-corrected chi connectivity index (χ0v) is 69.7. The van der Waals surface area contributed by atoms with E-state index in [4.69, 9.17) is 37.0 Å². The fourth-order valence-corrected chi connectivity index (χ4v) is 14.5. The zero-order chi connectivity index (χ0) is 76.0. The topological polar surface area (TPSA) is 237 Å². The Morgan fingerprint density at radius 2 is 0.466 bits per heavy atom. The Balaban J connectivity index is 5.18. The minimum absolute atomic E-state index is 0.107. The van der Waals surface area contributed by atoms with Crippen LogP contribution in [0.5, 0.6) is 0 Å². The number of hydrogen-bond donors (Lipinski definition) is 3. The molecule has 0 rings (SSSR count). The van der Waals surface area contributed by atoms with Crippen LogP contribution in [0.15, 0.2) is 0 Å². The van der Waals surface area contributed by atoms with Crippen molar-refractivity contribution in [2.75, 3.05) is 39.6 Å². The van der Waals surface area contributed by atoms with Crippen LogP contribution in [0.1, 0.15) is 434 Å². The van der Waals surface area contributed by atoms with E-state index in [1.165, 1.54) is 231 Å². The summed E-state index contributed by atoms with van der Waals surface area (Å²) < 4.78 is 68.8. The molecular weight excluding hydrogens is 1340 g/mol. The van der Waals surface area contributed by atoms with Gasteiger partial charge in [0.25, 0.3) is 0 Å². The van der Waals surface area contributed by atoms with Gasteiger partial charge in [-0.2, -0.15) is 0 Å². The summed E-state index contributed by atoms with van der Waals surface area (Å²) in [6, 6.07) is 0. The molecule has 0 aliphatic rings. The molecule has 0 bridgehead atoms. The quantitative estimate of drug-likeness (QED) is 0.0222. The highest BCUT2D eigenvalue weighted by Crippen LogP contribution is 2.45. The number of unbranched alkanes of at least 4 members (excludes halogenated alkanes) is 45. The summed E-state index contributed by atoms with van der Waals surface area (Å²) in [6.07, 6.45) is 61.2. The standard InChI is InChI=1S/C84H164O17P2/c1-9-76(7)62-54-46-38-32-26-22-18-13-11-12-14-19-23-27-33-40-50-59-67-84(89)101-80(71-95-82(87)65-57-49-43-42-47-55-63-77(8)10-2)73-99-103(92,93)97-69-78(85)68-96-102(90,91)98-72-79(70-94-81(86)64-56-48-39-35-29-31-37-45-53-61-75(5)6)100-83(88)66-58-51-41-34-28-24-20-16-15-17-21-25-30-36-44-52-60-74(3)4/h74-80,85H,9-73H2,1-8H3,(H,90,91)(H,92,93)/t76?,77?,78-,79-,80-/m1/s1. The lowest BCUT2D eigenvalue weighted by atomic mass is 9.99. The highest BCUT2D eigenvalue weighted by atomic mass is 31.2. The number of carbonyl (C=O) groups excluding carboxylic acids is 4. The Labute approximate surface area is 632 Å². The van der Waals surface area contributed by atoms with E-state index in [2.05, 4.69) is 55.4 Å². The van der Waals surface area contributed by atoms with E-state index in [0.717, 1.165) is 120 Å². The molecule has 0 saturated heterocycles. The second kappa shape index (κ2) is 72.9. The highest BCUT2D eigenvalue weighted by molar-refractivity contribution is 7.47. The number of rotatable bonds is 81. The van der Waals surface area contributed by atoms with Gasteiger partial charge in [-0.3, -0.25) is 37.3 Å². The number of carbonyl (C=O) groups is 4. The summed E-state index contributed by atoms with van der Waals surface area (Å²) in [5.41, 5.74) is 0.